The smallest absolute Gasteiger partial charge is 0.188 e. The summed E-state index contributed by atoms with van der Waals surface area (Å²) in [4.78, 5) is 12.0. The number of alkyl halides is 1. The Balaban J connectivity index is 2.44. The van der Waals surface area contributed by atoms with Gasteiger partial charge in [-0.2, -0.15) is 0 Å². The second-order valence-corrected chi connectivity index (χ2v) is 6.18. The predicted molar refractivity (Wildman–Crippen MR) is 83.1 cm³/mol. The van der Waals surface area contributed by atoms with Gasteiger partial charge in [-0.3, -0.25) is 4.79 Å². The first-order valence-corrected chi connectivity index (χ1v) is 7.28. The summed E-state index contributed by atoms with van der Waals surface area (Å²) < 4.78 is 9.59. The summed E-state index contributed by atoms with van der Waals surface area (Å²) in [5.74, 6) is 0.396. The molecule has 1 aliphatic carbocycles. The molecular formula is C16H17BrO4. The van der Waals surface area contributed by atoms with Gasteiger partial charge in [0, 0.05) is 7.11 Å². The summed E-state index contributed by atoms with van der Waals surface area (Å²) in [7, 11) is 1.54. The van der Waals surface area contributed by atoms with Crippen LogP contribution in [0.5, 0.6) is 5.75 Å². The van der Waals surface area contributed by atoms with E-state index in [0.717, 1.165) is 5.56 Å². The van der Waals surface area contributed by atoms with Crippen molar-refractivity contribution in [2.24, 2.45) is 5.92 Å². The number of ketones is 1. The van der Waals surface area contributed by atoms with Gasteiger partial charge in [-0.25, -0.2) is 0 Å². The van der Waals surface area contributed by atoms with E-state index in [1.807, 2.05) is 12.1 Å². The van der Waals surface area contributed by atoms with E-state index in [2.05, 4.69) is 15.9 Å². The molecule has 21 heavy (non-hydrogen) atoms. The summed E-state index contributed by atoms with van der Waals surface area (Å²) >= 11 is 3.66. The van der Waals surface area contributed by atoms with Crippen LogP contribution in [0, 0.1) is 5.92 Å². The molecule has 0 spiro atoms. The molecule has 2 rings (SSSR count). The number of hydrogen-bond acceptors (Lipinski definition) is 4. The van der Waals surface area contributed by atoms with Crippen molar-refractivity contribution in [1.29, 1.82) is 0 Å². The van der Waals surface area contributed by atoms with Crippen LogP contribution in [0.15, 0.2) is 48.3 Å². The number of ether oxygens (including phenoxy) is 2. The predicted octanol–water partition coefficient (Wildman–Crippen LogP) is 3.26. The first kappa shape index (κ1) is 15.8. The number of halogens is 1. The average molecular weight is 353 g/mol. The van der Waals surface area contributed by atoms with Crippen LogP contribution in [0.4, 0.5) is 0 Å². The quantitative estimate of drug-likeness (QED) is 0.652. The first-order chi connectivity index (χ1) is 9.97. The summed E-state index contributed by atoms with van der Waals surface area (Å²) in [6.45, 7) is 1.67. The molecule has 0 saturated heterocycles. The first-order valence-electron chi connectivity index (χ1n) is 6.49. The minimum absolute atomic E-state index is 0.0218. The number of benzene rings is 1. The highest BCUT2D eigenvalue weighted by Gasteiger charge is 2.40. The van der Waals surface area contributed by atoms with E-state index in [0.29, 0.717) is 5.76 Å². The van der Waals surface area contributed by atoms with E-state index in [-0.39, 0.29) is 24.2 Å². The van der Waals surface area contributed by atoms with Gasteiger partial charge in [0.05, 0.1) is 10.2 Å². The van der Waals surface area contributed by atoms with E-state index in [4.69, 9.17) is 9.47 Å². The van der Waals surface area contributed by atoms with E-state index < -0.39 is 4.32 Å². The molecule has 0 fully saturated rings. The molecule has 0 saturated carbocycles. The fraction of sp³-hybridized carbons (Fsp3) is 0.312. The zero-order valence-corrected chi connectivity index (χ0v) is 13.5. The number of methoxy groups -OCH3 is 1. The van der Waals surface area contributed by atoms with Gasteiger partial charge < -0.3 is 14.6 Å². The minimum atomic E-state index is -0.755. The van der Waals surface area contributed by atoms with Gasteiger partial charge in [0.2, 0.25) is 0 Å². The summed E-state index contributed by atoms with van der Waals surface area (Å²) in [6, 6.07) is 6.82. The number of allylic oxidation sites excluding steroid dienone is 3. The molecule has 0 radical (unpaired) electrons. The lowest BCUT2D eigenvalue weighted by atomic mass is 9.80. The molecule has 2 unspecified atom stereocenters. The maximum Gasteiger partial charge on any atom is 0.188 e. The highest BCUT2D eigenvalue weighted by atomic mass is 79.9. The Hall–Kier alpha value is -1.59. The van der Waals surface area contributed by atoms with E-state index in [1.54, 1.807) is 44.4 Å². The van der Waals surface area contributed by atoms with Crippen molar-refractivity contribution in [3.63, 3.8) is 0 Å². The summed E-state index contributed by atoms with van der Waals surface area (Å²) in [5.41, 5.74) is 0.783. The third kappa shape index (κ3) is 3.36. The maximum atomic E-state index is 12.0. The molecule has 1 aromatic carbocycles. The van der Waals surface area contributed by atoms with Crippen LogP contribution in [0.25, 0.3) is 0 Å². The lowest BCUT2D eigenvalue weighted by Crippen LogP contribution is -2.33. The molecule has 5 heteroatoms. The molecule has 1 aromatic rings. The molecule has 1 N–H and O–H groups in total. The summed E-state index contributed by atoms with van der Waals surface area (Å²) in [6.07, 6.45) is 5.38. The second-order valence-electron chi connectivity index (χ2n) is 4.86. The SMILES string of the molecule is COCOC1=CC(Br)(c2cccc(O)c2)C(C(C)=O)C=C1. The molecule has 1 aliphatic rings. The van der Waals surface area contributed by atoms with Crippen LogP contribution in [-0.4, -0.2) is 24.8 Å². The Bertz CT molecular complexity index is 594. The zero-order valence-electron chi connectivity index (χ0n) is 11.9. The number of rotatable bonds is 5. The topological polar surface area (TPSA) is 55.8 Å². The summed E-state index contributed by atoms with van der Waals surface area (Å²) in [5, 5.41) is 9.69. The van der Waals surface area contributed by atoms with Crippen LogP contribution >= 0.6 is 15.9 Å². The molecule has 2 atom stereocenters. The van der Waals surface area contributed by atoms with Crippen molar-refractivity contribution in [2.75, 3.05) is 13.9 Å². The van der Waals surface area contributed by atoms with E-state index >= 15 is 0 Å². The van der Waals surface area contributed by atoms with E-state index in [9.17, 15) is 9.90 Å². The van der Waals surface area contributed by atoms with Crippen LogP contribution in [-0.2, 0) is 18.6 Å². The number of aromatic hydroxyl groups is 1. The van der Waals surface area contributed by atoms with Crippen molar-refractivity contribution in [2.45, 2.75) is 11.2 Å². The Morgan fingerprint density at radius 1 is 1.48 bits per heavy atom. The molecule has 0 aliphatic heterocycles. The van der Waals surface area contributed by atoms with Gasteiger partial charge in [0.25, 0.3) is 0 Å². The van der Waals surface area contributed by atoms with Crippen LogP contribution < -0.4 is 0 Å². The fourth-order valence-electron chi connectivity index (χ4n) is 2.33. The van der Waals surface area contributed by atoms with Crippen molar-refractivity contribution in [3.8, 4) is 5.75 Å². The molecular weight excluding hydrogens is 336 g/mol. The third-order valence-electron chi connectivity index (χ3n) is 3.33. The largest absolute Gasteiger partial charge is 0.508 e. The van der Waals surface area contributed by atoms with Crippen molar-refractivity contribution in [3.05, 3.63) is 53.8 Å². The highest BCUT2D eigenvalue weighted by Crippen LogP contribution is 2.45. The van der Waals surface area contributed by atoms with Gasteiger partial charge in [-0.05, 0) is 36.8 Å². The number of phenolic OH excluding ortho intramolecular Hbond substituents is 1. The van der Waals surface area contributed by atoms with Crippen molar-refractivity contribution >= 4 is 21.7 Å². The zero-order chi connectivity index (χ0) is 15.5. The minimum Gasteiger partial charge on any atom is -0.508 e. The van der Waals surface area contributed by atoms with Crippen LogP contribution in [0.3, 0.4) is 0 Å². The monoisotopic (exact) mass is 352 g/mol. The average Bonchev–Trinajstić information content (AvgIpc) is 2.44. The van der Waals surface area contributed by atoms with Crippen molar-refractivity contribution in [1.82, 2.24) is 0 Å². The second kappa shape index (κ2) is 6.45. The van der Waals surface area contributed by atoms with Crippen molar-refractivity contribution < 1.29 is 19.4 Å². The normalized spacial score (nSPS) is 24.5. The fourth-order valence-corrected chi connectivity index (χ4v) is 3.28. The standard InChI is InChI=1S/C16H17BrO4/c1-11(18)15-7-6-14(21-10-20-2)9-16(15,17)12-4-3-5-13(19)8-12/h3-9,15,19H,10H2,1-2H3. The number of phenols is 1. The highest BCUT2D eigenvalue weighted by molar-refractivity contribution is 9.09. The molecule has 0 aromatic heterocycles. The maximum absolute atomic E-state index is 12.0. The lowest BCUT2D eigenvalue weighted by molar-refractivity contribution is -0.120. The number of carbonyl (C=O) groups excluding carboxylic acids is 1. The molecule has 0 heterocycles. The van der Waals surface area contributed by atoms with Gasteiger partial charge in [-0.15, -0.1) is 0 Å². The van der Waals surface area contributed by atoms with Gasteiger partial charge in [0.15, 0.2) is 6.79 Å². The number of hydrogen-bond donors (Lipinski definition) is 1. The van der Waals surface area contributed by atoms with Gasteiger partial charge in [0.1, 0.15) is 17.3 Å². The van der Waals surface area contributed by atoms with Crippen LogP contribution in [0.1, 0.15) is 12.5 Å². The Morgan fingerprint density at radius 2 is 2.24 bits per heavy atom. The Morgan fingerprint density at radius 3 is 2.86 bits per heavy atom. The number of carbonyl (C=O) groups is 1. The third-order valence-corrected chi connectivity index (χ3v) is 4.51. The Kier molecular flexibility index (Phi) is 4.85. The Labute approximate surface area is 132 Å². The van der Waals surface area contributed by atoms with Gasteiger partial charge in [-0.1, -0.05) is 34.1 Å². The molecule has 4 nitrogen and oxygen atoms in total. The lowest BCUT2D eigenvalue weighted by Gasteiger charge is -2.33. The van der Waals surface area contributed by atoms with E-state index in [1.165, 1.54) is 0 Å². The molecule has 0 amide bonds. The van der Waals surface area contributed by atoms with Gasteiger partial charge >= 0.3 is 0 Å². The number of Topliss-reactive ketones (excluding diaryl/α,β-unsaturated/α-hetero) is 1. The molecule has 0 bridgehead atoms. The molecule has 112 valence electrons. The van der Waals surface area contributed by atoms with Crippen LogP contribution in [0.2, 0.25) is 0 Å².